The first-order chi connectivity index (χ1) is 6.60. The molecule has 0 aliphatic heterocycles. The van der Waals surface area contributed by atoms with Crippen LogP contribution < -0.4 is 0 Å². The van der Waals surface area contributed by atoms with Crippen LogP contribution in [0.15, 0.2) is 21.1 Å². The molecule has 5 heteroatoms. The summed E-state index contributed by atoms with van der Waals surface area (Å²) >= 11 is 6.21. The molecule has 0 spiro atoms. The van der Waals surface area contributed by atoms with Gasteiger partial charge in [0.05, 0.1) is 8.95 Å². The predicted octanol–water partition coefficient (Wildman–Crippen LogP) is 3.64. The van der Waals surface area contributed by atoms with Crippen molar-refractivity contribution in [2.24, 2.45) is 0 Å². The zero-order valence-electron chi connectivity index (χ0n) is 7.68. The van der Waals surface area contributed by atoms with Crippen molar-refractivity contribution >= 4 is 31.9 Å². The largest absolute Gasteiger partial charge is 0.352 e. The topological polar surface area (TPSA) is 18.5 Å². The number of hydrogen-bond acceptors (Lipinski definition) is 2. The number of hydrogen-bond donors (Lipinski definition) is 0. The molecule has 0 fully saturated rings. The lowest BCUT2D eigenvalue weighted by Gasteiger charge is -2.14. The van der Waals surface area contributed by atoms with Crippen molar-refractivity contribution in [1.29, 1.82) is 0 Å². The van der Waals surface area contributed by atoms with E-state index < -0.39 is 6.29 Å². The molecule has 0 saturated heterocycles. The van der Waals surface area contributed by atoms with Crippen molar-refractivity contribution in [3.8, 4) is 0 Å². The molecule has 0 aliphatic carbocycles. The summed E-state index contributed by atoms with van der Waals surface area (Å²) in [5, 5.41) is 0. The first-order valence-corrected chi connectivity index (χ1v) is 5.38. The molecule has 0 aromatic heterocycles. The van der Waals surface area contributed by atoms with Crippen molar-refractivity contribution in [2.45, 2.75) is 6.29 Å². The number of ether oxygens (including phenoxy) is 2. The van der Waals surface area contributed by atoms with Gasteiger partial charge in [0.2, 0.25) is 0 Å². The minimum absolute atomic E-state index is 0.334. The second-order valence-corrected chi connectivity index (χ2v) is 4.31. The van der Waals surface area contributed by atoms with Gasteiger partial charge in [-0.3, -0.25) is 0 Å². The normalized spacial score (nSPS) is 11.0. The van der Waals surface area contributed by atoms with Gasteiger partial charge in [-0.25, -0.2) is 4.39 Å². The summed E-state index contributed by atoms with van der Waals surface area (Å²) in [5.41, 5.74) is 0.746. The van der Waals surface area contributed by atoms with E-state index in [2.05, 4.69) is 31.9 Å². The highest BCUT2D eigenvalue weighted by Crippen LogP contribution is 2.29. The highest BCUT2D eigenvalue weighted by atomic mass is 79.9. The Morgan fingerprint density at radius 2 is 1.57 bits per heavy atom. The Bertz CT molecular complexity index is 304. The van der Waals surface area contributed by atoms with E-state index in [1.54, 1.807) is 12.1 Å². The van der Waals surface area contributed by atoms with Crippen molar-refractivity contribution < 1.29 is 13.9 Å². The van der Waals surface area contributed by atoms with E-state index >= 15 is 0 Å². The minimum atomic E-state index is -0.483. The van der Waals surface area contributed by atoms with E-state index in [0.29, 0.717) is 8.95 Å². The zero-order valence-corrected chi connectivity index (χ0v) is 10.9. The molecular weight excluding hydrogens is 319 g/mol. The van der Waals surface area contributed by atoms with E-state index in [4.69, 9.17) is 9.47 Å². The van der Waals surface area contributed by atoms with Crippen LogP contribution in [0.5, 0.6) is 0 Å². The second kappa shape index (κ2) is 5.21. The van der Waals surface area contributed by atoms with E-state index in [9.17, 15) is 4.39 Å². The molecule has 0 atom stereocenters. The van der Waals surface area contributed by atoms with Gasteiger partial charge < -0.3 is 9.47 Å². The van der Waals surface area contributed by atoms with Gasteiger partial charge in [-0.05, 0) is 44.0 Å². The van der Waals surface area contributed by atoms with Gasteiger partial charge in [-0.15, -0.1) is 0 Å². The number of methoxy groups -OCH3 is 2. The molecule has 0 bridgehead atoms. The summed E-state index contributed by atoms with van der Waals surface area (Å²) in [4.78, 5) is 0. The van der Waals surface area contributed by atoms with E-state index in [1.807, 2.05) is 0 Å². The van der Waals surface area contributed by atoms with Crippen LogP contribution in [0.1, 0.15) is 11.9 Å². The molecular formula is C9H9Br2FO2. The fourth-order valence-corrected chi connectivity index (χ4v) is 2.30. The summed E-state index contributed by atoms with van der Waals surface area (Å²) in [7, 11) is 3.05. The Balaban J connectivity index is 3.11. The molecule has 0 heterocycles. The molecule has 0 aliphatic rings. The predicted molar refractivity (Wildman–Crippen MR) is 58.6 cm³/mol. The fraction of sp³-hybridized carbons (Fsp3) is 0.333. The smallest absolute Gasteiger partial charge is 0.183 e. The molecule has 78 valence electrons. The standard InChI is InChI=1S/C9H9Br2FO2/c1-13-9(14-2)5-3-6(10)8(12)7(11)4-5/h3-4,9H,1-2H3. The minimum Gasteiger partial charge on any atom is -0.352 e. The van der Waals surface area contributed by atoms with Gasteiger partial charge >= 0.3 is 0 Å². The van der Waals surface area contributed by atoms with Gasteiger partial charge in [0.15, 0.2) is 12.1 Å². The van der Waals surface area contributed by atoms with E-state index in [0.717, 1.165) is 5.56 Å². The van der Waals surface area contributed by atoms with Gasteiger partial charge in [0.25, 0.3) is 0 Å². The molecule has 0 unspecified atom stereocenters. The monoisotopic (exact) mass is 326 g/mol. The SMILES string of the molecule is COC(OC)c1cc(Br)c(F)c(Br)c1. The highest BCUT2D eigenvalue weighted by Gasteiger charge is 2.13. The Morgan fingerprint density at radius 3 is 1.93 bits per heavy atom. The molecule has 2 nitrogen and oxygen atoms in total. The van der Waals surface area contributed by atoms with Gasteiger partial charge in [0.1, 0.15) is 0 Å². The fourth-order valence-electron chi connectivity index (χ4n) is 1.08. The molecule has 0 amide bonds. The first kappa shape index (κ1) is 12.1. The van der Waals surface area contributed by atoms with E-state index in [-0.39, 0.29) is 5.82 Å². The molecule has 1 rings (SSSR count). The van der Waals surface area contributed by atoms with Gasteiger partial charge in [0, 0.05) is 19.8 Å². The lowest BCUT2D eigenvalue weighted by Crippen LogP contribution is -2.04. The Hall–Kier alpha value is 0.0300. The third-order valence-corrected chi connectivity index (χ3v) is 2.86. The number of rotatable bonds is 3. The maximum atomic E-state index is 13.2. The van der Waals surface area contributed by atoms with Gasteiger partial charge in [-0.2, -0.15) is 0 Å². The van der Waals surface area contributed by atoms with Crippen LogP contribution in [-0.2, 0) is 9.47 Å². The molecule has 1 aromatic carbocycles. The summed E-state index contributed by atoms with van der Waals surface area (Å²) < 4.78 is 24.1. The first-order valence-electron chi connectivity index (χ1n) is 3.80. The highest BCUT2D eigenvalue weighted by molar-refractivity contribution is 9.11. The van der Waals surface area contributed by atoms with Crippen molar-refractivity contribution in [3.05, 3.63) is 32.5 Å². The lowest BCUT2D eigenvalue weighted by atomic mass is 10.2. The molecule has 14 heavy (non-hydrogen) atoms. The van der Waals surface area contributed by atoms with Crippen LogP contribution in [0.2, 0.25) is 0 Å². The van der Waals surface area contributed by atoms with Crippen LogP contribution in [0.4, 0.5) is 4.39 Å². The average Bonchev–Trinajstić information content (AvgIpc) is 2.16. The second-order valence-electron chi connectivity index (χ2n) is 2.60. The summed E-state index contributed by atoms with van der Waals surface area (Å²) in [6, 6.07) is 3.25. The van der Waals surface area contributed by atoms with Crippen LogP contribution in [0.25, 0.3) is 0 Å². The quantitative estimate of drug-likeness (QED) is 0.623. The Morgan fingerprint density at radius 1 is 1.14 bits per heavy atom. The number of benzene rings is 1. The maximum Gasteiger partial charge on any atom is 0.183 e. The number of halogens is 3. The molecule has 0 N–H and O–H groups in total. The van der Waals surface area contributed by atoms with Crippen LogP contribution >= 0.6 is 31.9 Å². The third kappa shape index (κ3) is 2.53. The summed E-state index contributed by atoms with van der Waals surface area (Å²) in [5.74, 6) is -0.334. The summed E-state index contributed by atoms with van der Waals surface area (Å²) in [6.07, 6.45) is -0.483. The molecule has 0 saturated carbocycles. The van der Waals surface area contributed by atoms with Crippen molar-refractivity contribution in [1.82, 2.24) is 0 Å². The Labute approximate surface area is 98.7 Å². The molecule has 1 aromatic rings. The summed E-state index contributed by atoms with van der Waals surface area (Å²) in [6.45, 7) is 0. The van der Waals surface area contributed by atoms with Crippen molar-refractivity contribution in [3.63, 3.8) is 0 Å². The zero-order chi connectivity index (χ0) is 10.7. The van der Waals surface area contributed by atoms with Crippen molar-refractivity contribution in [2.75, 3.05) is 14.2 Å². The van der Waals surface area contributed by atoms with Gasteiger partial charge in [-0.1, -0.05) is 0 Å². The third-order valence-electron chi connectivity index (χ3n) is 1.71. The molecule has 0 radical (unpaired) electrons. The van der Waals surface area contributed by atoms with E-state index in [1.165, 1.54) is 14.2 Å². The van der Waals surface area contributed by atoms with Crippen LogP contribution in [-0.4, -0.2) is 14.2 Å². The lowest BCUT2D eigenvalue weighted by molar-refractivity contribution is -0.106. The van der Waals surface area contributed by atoms with Crippen LogP contribution in [0.3, 0.4) is 0 Å². The Kier molecular flexibility index (Phi) is 4.50. The van der Waals surface area contributed by atoms with Crippen LogP contribution in [0, 0.1) is 5.82 Å². The maximum absolute atomic E-state index is 13.2. The average molecular weight is 328 g/mol.